The number of thiophene rings is 1. The van der Waals surface area contributed by atoms with Gasteiger partial charge < -0.3 is 10.1 Å². The average Bonchev–Trinajstić information content (AvgIpc) is 3.27. The number of ether oxygens (including phenoxy) is 1. The molecule has 0 saturated heterocycles. The van der Waals surface area contributed by atoms with Gasteiger partial charge in [-0.15, -0.1) is 11.3 Å². The fourth-order valence-corrected chi connectivity index (χ4v) is 4.27. The monoisotopic (exact) mass is 485 g/mol. The minimum atomic E-state index is -0.965. The number of esters is 1. The van der Waals surface area contributed by atoms with E-state index in [2.05, 4.69) is 5.32 Å². The van der Waals surface area contributed by atoms with E-state index in [1.165, 1.54) is 18.2 Å². The van der Waals surface area contributed by atoms with Crippen molar-refractivity contribution in [3.05, 3.63) is 91.9 Å². The highest BCUT2D eigenvalue weighted by Crippen LogP contribution is 2.19. The zero-order valence-corrected chi connectivity index (χ0v) is 18.5. The maximum atomic E-state index is 13.8. The molecule has 34 heavy (non-hydrogen) atoms. The molecule has 2 aromatic heterocycles. The van der Waals surface area contributed by atoms with Crippen molar-refractivity contribution in [3.63, 3.8) is 0 Å². The first-order valence-electron chi connectivity index (χ1n) is 10.1. The first kappa shape index (κ1) is 23.1. The predicted molar refractivity (Wildman–Crippen MR) is 123 cm³/mol. The summed E-state index contributed by atoms with van der Waals surface area (Å²) in [7, 11) is 0. The lowest BCUT2D eigenvalue weighted by atomic mass is 10.2. The number of nitrogens with one attached hydrogen (secondary N) is 1. The zero-order valence-electron chi connectivity index (χ0n) is 17.7. The second kappa shape index (κ2) is 9.40. The van der Waals surface area contributed by atoms with Gasteiger partial charge in [0, 0.05) is 6.07 Å². The van der Waals surface area contributed by atoms with Crippen molar-refractivity contribution in [1.82, 2.24) is 9.13 Å². The average molecular weight is 485 g/mol. The second-order valence-electron chi connectivity index (χ2n) is 7.09. The molecule has 0 unspecified atom stereocenters. The van der Waals surface area contributed by atoms with Crippen LogP contribution >= 0.6 is 11.3 Å². The second-order valence-corrected chi connectivity index (χ2v) is 8.00. The SMILES string of the molecule is CCOC(=O)c1ccccc1NC(=O)Cn1c(=O)n(-c2cc(F)cc(F)c2)c(=O)c2sccc21. The minimum absolute atomic E-state index is 0.129. The zero-order chi connectivity index (χ0) is 24.4. The van der Waals surface area contributed by atoms with Gasteiger partial charge in [0.05, 0.1) is 29.1 Å². The van der Waals surface area contributed by atoms with Crippen molar-refractivity contribution in [3.8, 4) is 5.69 Å². The van der Waals surface area contributed by atoms with Crippen LogP contribution in [-0.2, 0) is 16.1 Å². The molecule has 2 heterocycles. The van der Waals surface area contributed by atoms with Gasteiger partial charge in [-0.1, -0.05) is 12.1 Å². The lowest BCUT2D eigenvalue weighted by molar-refractivity contribution is -0.116. The van der Waals surface area contributed by atoms with Crippen LogP contribution < -0.4 is 16.6 Å². The molecule has 0 atom stereocenters. The number of amides is 1. The summed E-state index contributed by atoms with van der Waals surface area (Å²) in [4.78, 5) is 51.1. The number of carbonyl (C=O) groups excluding carboxylic acids is 2. The first-order chi connectivity index (χ1) is 16.3. The molecule has 11 heteroatoms. The highest BCUT2D eigenvalue weighted by molar-refractivity contribution is 7.17. The Labute approximate surface area is 194 Å². The van der Waals surface area contributed by atoms with Crippen LogP contribution in [0.5, 0.6) is 0 Å². The molecule has 0 spiro atoms. The predicted octanol–water partition coefficient (Wildman–Crippen LogP) is 3.31. The third kappa shape index (κ3) is 4.37. The van der Waals surface area contributed by atoms with Crippen molar-refractivity contribution in [2.75, 3.05) is 11.9 Å². The van der Waals surface area contributed by atoms with Gasteiger partial charge >= 0.3 is 11.7 Å². The van der Waals surface area contributed by atoms with Gasteiger partial charge in [0.25, 0.3) is 5.56 Å². The Balaban J connectivity index is 1.76. The number of aromatic nitrogens is 2. The molecular formula is C23H17F2N3O5S. The number of hydrogen-bond donors (Lipinski definition) is 1. The number of benzene rings is 2. The van der Waals surface area contributed by atoms with E-state index in [-0.39, 0.29) is 33.8 Å². The summed E-state index contributed by atoms with van der Waals surface area (Å²) in [6.07, 6.45) is 0. The standard InChI is InChI=1S/C23H17F2N3O5S/c1-2-33-22(31)16-5-3-4-6-17(16)26-19(29)12-27-18-7-8-34-20(18)21(30)28(23(27)32)15-10-13(24)9-14(25)11-15/h3-11H,2,12H2,1H3,(H,26,29). The molecule has 8 nitrogen and oxygen atoms in total. The molecule has 2 aromatic carbocycles. The molecule has 0 aliphatic heterocycles. The molecule has 0 aliphatic rings. The van der Waals surface area contributed by atoms with Gasteiger partial charge in [0.1, 0.15) is 22.9 Å². The molecule has 174 valence electrons. The van der Waals surface area contributed by atoms with Gasteiger partial charge in [-0.25, -0.2) is 22.9 Å². The molecular weight excluding hydrogens is 468 g/mol. The van der Waals surface area contributed by atoms with Crippen molar-refractivity contribution >= 4 is 39.1 Å². The van der Waals surface area contributed by atoms with Crippen LogP contribution in [0.1, 0.15) is 17.3 Å². The Hall–Kier alpha value is -4.12. The van der Waals surface area contributed by atoms with E-state index < -0.39 is 41.3 Å². The van der Waals surface area contributed by atoms with E-state index >= 15 is 0 Å². The van der Waals surface area contributed by atoms with E-state index in [9.17, 15) is 28.0 Å². The maximum Gasteiger partial charge on any atom is 0.340 e. The Morgan fingerprint density at radius 1 is 1.06 bits per heavy atom. The van der Waals surface area contributed by atoms with Crippen LogP contribution in [0.2, 0.25) is 0 Å². The fourth-order valence-electron chi connectivity index (χ4n) is 3.45. The maximum absolute atomic E-state index is 13.8. The lowest BCUT2D eigenvalue weighted by Crippen LogP contribution is -2.40. The molecule has 0 fully saturated rings. The van der Waals surface area contributed by atoms with Crippen molar-refractivity contribution in [2.24, 2.45) is 0 Å². The molecule has 0 bridgehead atoms. The highest BCUT2D eigenvalue weighted by atomic mass is 32.1. The van der Waals surface area contributed by atoms with Crippen molar-refractivity contribution in [1.29, 1.82) is 0 Å². The van der Waals surface area contributed by atoms with E-state index in [0.717, 1.165) is 28.0 Å². The van der Waals surface area contributed by atoms with Gasteiger partial charge in [-0.05, 0) is 42.6 Å². The number of carbonyl (C=O) groups is 2. The van der Waals surface area contributed by atoms with E-state index in [1.807, 2.05) is 0 Å². The minimum Gasteiger partial charge on any atom is -0.462 e. The summed E-state index contributed by atoms with van der Waals surface area (Å²) in [5.41, 5.74) is -1.50. The number of anilines is 1. The third-order valence-corrected chi connectivity index (χ3v) is 5.75. The Morgan fingerprint density at radius 3 is 2.47 bits per heavy atom. The van der Waals surface area contributed by atoms with Gasteiger partial charge in [0.2, 0.25) is 5.91 Å². The van der Waals surface area contributed by atoms with E-state index in [0.29, 0.717) is 10.6 Å². The molecule has 4 rings (SSSR count). The Kier molecular flexibility index (Phi) is 6.37. The molecule has 0 radical (unpaired) electrons. The Morgan fingerprint density at radius 2 is 1.76 bits per heavy atom. The van der Waals surface area contributed by atoms with Gasteiger partial charge in [0.15, 0.2) is 0 Å². The normalized spacial score (nSPS) is 10.9. The van der Waals surface area contributed by atoms with Gasteiger partial charge in [-0.3, -0.25) is 14.2 Å². The number of hydrogen-bond acceptors (Lipinski definition) is 6. The van der Waals surface area contributed by atoms with E-state index in [1.54, 1.807) is 24.4 Å². The van der Waals surface area contributed by atoms with Crippen LogP contribution in [0, 0.1) is 11.6 Å². The number of nitrogens with zero attached hydrogens (tertiary/aromatic N) is 2. The van der Waals surface area contributed by atoms with Gasteiger partial charge in [-0.2, -0.15) is 0 Å². The summed E-state index contributed by atoms with van der Waals surface area (Å²) in [6.45, 7) is 1.27. The van der Waals surface area contributed by atoms with Crippen LogP contribution in [0.25, 0.3) is 15.9 Å². The van der Waals surface area contributed by atoms with Crippen LogP contribution in [0.4, 0.5) is 14.5 Å². The van der Waals surface area contributed by atoms with Crippen LogP contribution in [0.3, 0.4) is 0 Å². The topological polar surface area (TPSA) is 99.4 Å². The van der Waals surface area contributed by atoms with Crippen molar-refractivity contribution < 1.29 is 23.1 Å². The molecule has 1 amide bonds. The molecule has 0 aliphatic carbocycles. The third-order valence-electron chi connectivity index (χ3n) is 4.86. The summed E-state index contributed by atoms with van der Waals surface area (Å²) < 4.78 is 34.3. The number of para-hydroxylation sites is 1. The Bertz CT molecular complexity index is 1520. The van der Waals surface area contributed by atoms with Crippen LogP contribution in [0.15, 0.2) is 63.5 Å². The summed E-state index contributed by atoms with van der Waals surface area (Å²) >= 11 is 1.02. The number of rotatable bonds is 6. The summed E-state index contributed by atoms with van der Waals surface area (Å²) in [5.74, 6) is -3.22. The molecule has 1 N–H and O–H groups in total. The largest absolute Gasteiger partial charge is 0.462 e. The number of halogens is 2. The quantitative estimate of drug-likeness (QED) is 0.423. The molecule has 0 saturated carbocycles. The van der Waals surface area contributed by atoms with Crippen molar-refractivity contribution in [2.45, 2.75) is 13.5 Å². The smallest absolute Gasteiger partial charge is 0.340 e. The first-order valence-corrected chi connectivity index (χ1v) is 10.9. The molecule has 4 aromatic rings. The summed E-state index contributed by atoms with van der Waals surface area (Å²) in [5, 5.41) is 4.13. The lowest BCUT2D eigenvalue weighted by Gasteiger charge is -2.14. The van der Waals surface area contributed by atoms with E-state index in [4.69, 9.17) is 4.74 Å². The van der Waals surface area contributed by atoms with Crippen LogP contribution in [-0.4, -0.2) is 27.6 Å². The summed E-state index contributed by atoms with van der Waals surface area (Å²) in [6, 6.07) is 10.0. The highest BCUT2D eigenvalue weighted by Gasteiger charge is 2.20. The number of fused-ring (bicyclic) bond motifs is 1. The fraction of sp³-hybridized carbons (Fsp3) is 0.130.